The maximum atomic E-state index is 13.0. The number of amides is 2. The number of hydrogen-bond donors (Lipinski definition) is 2. The molecule has 0 saturated heterocycles. The minimum absolute atomic E-state index is 0.281. The highest BCUT2D eigenvalue weighted by molar-refractivity contribution is 7.98. The van der Waals surface area contributed by atoms with Crippen LogP contribution in [0.1, 0.15) is 34.6 Å². The summed E-state index contributed by atoms with van der Waals surface area (Å²) in [6.45, 7) is 4.41. The number of rotatable bonds is 9. The summed E-state index contributed by atoms with van der Waals surface area (Å²) in [5.41, 5.74) is 1.71. The van der Waals surface area contributed by atoms with E-state index in [9.17, 15) is 9.59 Å². The third kappa shape index (κ3) is 6.21. The average Bonchev–Trinajstić information content (AvgIpc) is 2.82. The van der Waals surface area contributed by atoms with E-state index in [-0.39, 0.29) is 11.8 Å². The first-order valence-corrected chi connectivity index (χ1v) is 12.0. The molecule has 0 radical (unpaired) electrons. The minimum atomic E-state index is -0.375. The molecule has 172 valence electrons. The number of nitrogens with one attached hydrogen (secondary N) is 2. The van der Waals surface area contributed by atoms with Gasteiger partial charge in [-0.15, -0.1) is 11.8 Å². The average molecular weight is 485 g/mol. The molecule has 8 heteroatoms. The fourth-order valence-electron chi connectivity index (χ4n) is 3.08. The van der Waals surface area contributed by atoms with Crippen molar-refractivity contribution in [1.82, 2.24) is 0 Å². The van der Waals surface area contributed by atoms with Crippen LogP contribution in [0.3, 0.4) is 0 Å². The Morgan fingerprint density at radius 1 is 0.848 bits per heavy atom. The van der Waals surface area contributed by atoms with Crippen molar-refractivity contribution in [2.24, 2.45) is 0 Å². The predicted molar refractivity (Wildman–Crippen MR) is 134 cm³/mol. The lowest BCUT2D eigenvalue weighted by Crippen LogP contribution is -2.16. The van der Waals surface area contributed by atoms with Crippen molar-refractivity contribution in [2.75, 3.05) is 30.1 Å². The Hall–Kier alpha value is -3.16. The molecule has 33 heavy (non-hydrogen) atoms. The predicted octanol–water partition coefficient (Wildman–Crippen LogP) is 6.36. The topological polar surface area (TPSA) is 76.7 Å². The summed E-state index contributed by atoms with van der Waals surface area (Å²) >= 11 is 7.78. The summed E-state index contributed by atoms with van der Waals surface area (Å²) in [5.74, 6) is 0.149. The number of halogens is 1. The maximum absolute atomic E-state index is 13.0. The Balaban J connectivity index is 1.95. The second-order valence-electron chi connectivity index (χ2n) is 6.83. The minimum Gasteiger partial charge on any atom is -0.492 e. The summed E-state index contributed by atoms with van der Waals surface area (Å²) < 4.78 is 11.5. The molecular formula is C25H25ClN2O4S. The van der Waals surface area contributed by atoms with Gasteiger partial charge in [0.2, 0.25) is 0 Å². The molecular weight excluding hydrogens is 460 g/mol. The van der Waals surface area contributed by atoms with Crippen LogP contribution in [0, 0.1) is 0 Å². The van der Waals surface area contributed by atoms with E-state index in [0.717, 1.165) is 4.90 Å². The molecule has 3 aromatic carbocycles. The molecule has 0 bridgehead atoms. The monoisotopic (exact) mass is 484 g/mol. The molecule has 0 unspecified atom stereocenters. The van der Waals surface area contributed by atoms with Gasteiger partial charge in [0.25, 0.3) is 11.8 Å². The van der Waals surface area contributed by atoms with Crippen molar-refractivity contribution in [3.05, 3.63) is 76.8 Å². The number of anilines is 2. The smallest absolute Gasteiger partial charge is 0.257 e. The largest absolute Gasteiger partial charge is 0.492 e. The lowest BCUT2D eigenvalue weighted by atomic mass is 10.1. The highest BCUT2D eigenvalue weighted by Gasteiger charge is 2.19. The number of carbonyl (C=O) groups excluding carboxylic acids is 2. The summed E-state index contributed by atoms with van der Waals surface area (Å²) in [6, 6.07) is 17.4. The van der Waals surface area contributed by atoms with Crippen LogP contribution in [-0.4, -0.2) is 31.3 Å². The molecule has 0 atom stereocenters. The Labute approximate surface area is 202 Å². The molecule has 0 aliphatic carbocycles. The van der Waals surface area contributed by atoms with E-state index in [4.69, 9.17) is 21.1 Å². The molecule has 0 saturated carbocycles. The van der Waals surface area contributed by atoms with Crippen molar-refractivity contribution < 1.29 is 19.1 Å². The number of ether oxygens (including phenoxy) is 2. The normalized spacial score (nSPS) is 10.4. The highest BCUT2D eigenvalue weighted by atomic mass is 35.5. The zero-order valence-corrected chi connectivity index (χ0v) is 20.2. The van der Waals surface area contributed by atoms with Gasteiger partial charge in [0, 0.05) is 22.6 Å². The van der Waals surface area contributed by atoms with Crippen LogP contribution in [0.25, 0.3) is 0 Å². The van der Waals surface area contributed by atoms with Crippen LogP contribution < -0.4 is 20.1 Å². The van der Waals surface area contributed by atoms with Crippen LogP contribution in [0.4, 0.5) is 11.4 Å². The van der Waals surface area contributed by atoms with Gasteiger partial charge in [-0.3, -0.25) is 9.59 Å². The van der Waals surface area contributed by atoms with E-state index in [0.29, 0.717) is 52.2 Å². The molecule has 2 amide bonds. The van der Waals surface area contributed by atoms with Crippen molar-refractivity contribution >= 4 is 46.6 Å². The molecule has 0 aliphatic heterocycles. The molecule has 3 rings (SSSR count). The third-order valence-corrected chi connectivity index (χ3v) is 5.69. The summed E-state index contributed by atoms with van der Waals surface area (Å²) in [7, 11) is 0. The highest BCUT2D eigenvalue weighted by Crippen LogP contribution is 2.38. The van der Waals surface area contributed by atoms with E-state index >= 15 is 0 Å². The zero-order chi connectivity index (χ0) is 23.8. The van der Waals surface area contributed by atoms with E-state index in [1.165, 1.54) is 11.8 Å². The Morgan fingerprint density at radius 2 is 1.42 bits per heavy atom. The number of benzene rings is 3. The number of hydrogen-bond acceptors (Lipinski definition) is 5. The first-order chi connectivity index (χ1) is 16.0. The van der Waals surface area contributed by atoms with Gasteiger partial charge in [0.15, 0.2) is 0 Å². The first kappa shape index (κ1) is 24.5. The van der Waals surface area contributed by atoms with E-state index in [2.05, 4.69) is 10.6 Å². The van der Waals surface area contributed by atoms with Gasteiger partial charge >= 0.3 is 0 Å². The van der Waals surface area contributed by atoms with Crippen LogP contribution in [0.2, 0.25) is 5.02 Å². The lowest BCUT2D eigenvalue weighted by molar-refractivity contribution is 0.101. The Morgan fingerprint density at radius 3 is 1.97 bits per heavy atom. The lowest BCUT2D eigenvalue weighted by Gasteiger charge is -2.18. The third-order valence-electron chi connectivity index (χ3n) is 4.63. The molecule has 0 fully saturated rings. The van der Waals surface area contributed by atoms with Crippen LogP contribution >= 0.6 is 23.4 Å². The summed E-state index contributed by atoms with van der Waals surface area (Å²) in [6.07, 6.45) is 1.93. The molecule has 3 aromatic rings. The molecule has 0 aromatic heterocycles. The first-order valence-electron chi connectivity index (χ1n) is 10.4. The van der Waals surface area contributed by atoms with Crippen molar-refractivity contribution in [2.45, 2.75) is 18.7 Å². The maximum Gasteiger partial charge on any atom is 0.257 e. The molecule has 0 aliphatic rings. The van der Waals surface area contributed by atoms with Gasteiger partial charge in [-0.05, 0) is 50.4 Å². The number of thioether (sulfide) groups is 1. The van der Waals surface area contributed by atoms with E-state index < -0.39 is 0 Å². The quantitative estimate of drug-likeness (QED) is 0.345. The van der Waals surface area contributed by atoms with Gasteiger partial charge < -0.3 is 20.1 Å². The second kappa shape index (κ2) is 11.6. The van der Waals surface area contributed by atoms with Gasteiger partial charge in [0.05, 0.1) is 35.2 Å². The SMILES string of the molecule is CCOc1cc(NC(=O)c2cc(SC)ccc2Cl)c(OCC)cc1NC(=O)c1ccccc1. The fraction of sp³-hybridized carbons (Fsp3) is 0.200. The fourth-order valence-corrected chi connectivity index (χ4v) is 3.73. The van der Waals surface area contributed by atoms with E-state index in [1.54, 1.807) is 48.5 Å². The summed E-state index contributed by atoms with van der Waals surface area (Å²) in [4.78, 5) is 26.6. The zero-order valence-electron chi connectivity index (χ0n) is 18.6. The van der Waals surface area contributed by atoms with Crippen LogP contribution in [0.15, 0.2) is 65.6 Å². The molecule has 6 nitrogen and oxygen atoms in total. The standard InChI is InChI=1S/C25H25ClN2O4S/c1-4-31-22-15-21(28-25(30)18-13-17(33-3)11-12-19(18)26)23(32-5-2)14-20(22)27-24(29)16-9-7-6-8-10-16/h6-15H,4-5H2,1-3H3,(H,27,29)(H,28,30). The molecule has 2 N–H and O–H groups in total. The van der Waals surface area contributed by atoms with Crippen molar-refractivity contribution in [3.63, 3.8) is 0 Å². The van der Waals surface area contributed by atoms with E-state index in [1.807, 2.05) is 32.2 Å². The Kier molecular flexibility index (Phi) is 8.63. The molecule has 0 spiro atoms. The van der Waals surface area contributed by atoms with Gasteiger partial charge in [-0.1, -0.05) is 29.8 Å². The van der Waals surface area contributed by atoms with Gasteiger partial charge in [-0.25, -0.2) is 0 Å². The second-order valence-corrected chi connectivity index (χ2v) is 8.12. The van der Waals surface area contributed by atoms with Gasteiger partial charge in [0.1, 0.15) is 11.5 Å². The molecule has 0 heterocycles. The van der Waals surface area contributed by atoms with Crippen LogP contribution in [-0.2, 0) is 0 Å². The number of carbonyl (C=O) groups is 2. The van der Waals surface area contributed by atoms with Crippen molar-refractivity contribution in [3.8, 4) is 11.5 Å². The van der Waals surface area contributed by atoms with Gasteiger partial charge in [-0.2, -0.15) is 0 Å². The summed E-state index contributed by atoms with van der Waals surface area (Å²) in [5, 5.41) is 6.08. The Bertz CT molecular complexity index is 1140. The van der Waals surface area contributed by atoms with Crippen LogP contribution in [0.5, 0.6) is 11.5 Å². The van der Waals surface area contributed by atoms with Crippen molar-refractivity contribution in [1.29, 1.82) is 0 Å².